The van der Waals surface area contributed by atoms with E-state index in [1.54, 1.807) is 7.11 Å². The molecule has 2 heteroatoms. The van der Waals surface area contributed by atoms with Crippen LogP contribution in [-0.4, -0.2) is 18.2 Å². The van der Waals surface area contributed by atoms with E-state index in [9.17, 15) is 0 Å². The summed E-state index contributed by atoms with van der Waals surface area (Å²) < 4.78 is 5.42. The molecule has 0 radical (unpaired) electrons. The zero-order valence-electron chi connectivity index (χ0n) is 9.44. The van der Waals surface area contributed by atoms with Gasteiger partial charge in [-0.2, -0.15) is 0 Å². The van der Waals surface area contributed by atoms with Crippen molar-refractivity contribution in [2.75, 3.05) is 7.11 Å². The molecule has 2 nitrogen and oxygen atoms in total. The number of rotatable bonds is 1. The monoisotopic (exact) mass is 213 g/mol. The molecule has 82 valence electrons. The molecule has 0 amide bonds. The van der Waals surface area contributed by atoms with E-state index in [0.29, 0.717) is 6.10 Å². The molecule has 1 aliphatic carbocycles. The normalized spacial score (nSPS) is 19.7. The molecule has 1 unspecified atom stereocenters. The Morgan fingerprint density at radius 3 is 3.06 bits per heavy atom. The quantitative estimate of drug-likeness (QED) is 0.726. The smallest absolute Gasteiger partial charge is 0.0705 e. The molecule has 2 aromatic rings. The molecule has 3 rings (SSSR count). The lowest BCUT2D eigenvalue weighted by atomic mass is 9.92. The van der Waals surface area contributed by atoms with Crippen LogP contribution in [0.4, 0.5) is 0 Å². The molecule has 1 aliphatic rings. The van der Waals surface area contributed by atoms with E-state index in [1.807, 2.05) is 6.07 Å². The summed E-state index contributed by atoms with van der Waals surface area (Å²) in [6, 6.07) is 10.6. The first-order chi connectivity index (χ1) is 7.86. The number of fused-ring (bicyclic) bond motifs is 2. The maximum absolute atomic E-state index is 5.42. The predicted octanol–water partition coefficient (Wildman–Crippen LogP) is 2.74. The molecule has 0 saturated carbocycles. The van der Waals surface area contributed by atoms with E-state index < -0.39 is 0 Å². The van der Waals surface area contributed by atoms with Gasteiger partial charge in [0.25, 0.3) is 0 Å². The van der Waals surface area contributed by atoms with Crippen LogP contribution < -0.4 is 0 Å². The van der Waals surface area contributed by atoms with Crippen LogP contribution in [0.1, 0.15) is 17.7 Å². The van der Waals surface area contributed by atoms with Crippen molar-refractivity contribution in [3.8, 4) is 0 Å². The Kier molecular flexibility index (Phi) is 2.37. The zero-order valence-corrected chi connectivity index (χ0v) is 9.44. The number of methoxy groups -OCH3 is 1. The molecule has 0 bridgehead atoms. The second-order valence-corrected chi connectivity index (χ2v) is 4.39. The van der Waals surface area contributed by atoms with Crippen LogP contribution in [0.3, 0.4) is 0 Å². The number of hydrogen-bond acceptors (Lipinski definition) is 2. The maximum Gasteiger partial charge on any atom is 0.0705 e. The largest absolute Gasteiger partial charge is 0.381 e. The molecule has 0 saturated heterocycles. The molecular formula is C14H15NO. The van der Waals surface area contributed by atoms with E-state index in [4.69, 9.17) is 9.72 Å². The van der Waals surface area contributed by atoms with Gasteiger partial charge in [0.1, 0.15) is 0 Å². The molecule has 0 aliphatic heterocycles. The van der Waals surface area contributed by atoms with Crippen molar-refractivity contribution >= 4 is 10.9 Å². The zero-order chi connectivity index (χ0) is 11.0. The van der Waals surface area contributed by atoms with Gasteiger partial charge in [0.2, 0.25) is 0 Å². The average Bonchev–Trinajstić information content (AvgIpc) is 2.35. The lowest BCUT2D eigenvalue weighted by Crippen LogP contribution is -2.22. The number of nitrogens with zero attached hydrogens (tertiary/aromatic N) is 1. The molecule has 1 aromatic heterocycles. The third kappa shape index (κ3) is 1.59. The fourth-order valence-electron chi connectivity index (χ4n) is 2.43. The number of aromatic nitrogens is 1. The van der Waals surface area contributed by atoms with Gasteiger partial charge in [-0.25, -0.2) is 0 Å². The molecule has 0 spiro atoms. The third-order valence-electron chi connectivity index (χ3n) is 3.38. The summed E-state index contributed by atoms with van der Waals surface area (Å²) in [6.45, 7) is 0. The minimum atomic E-state index is 0.348. The minimum Gasteiger partial charge on any atom is -0.381 e. The molecule has 1 heterocycles. The van der Waals surface area contributed by atoms with Gasteiger partial charge < -0.3 is 4.74 Å². The number of aryl methyl sites for hydroxylation is 1. The van der Waals surface area contributed by atoms with Crippen LogP contribution >= 0.6 is 0 Å². The highest BCUT2D eigenvalue weighted by Gasteiger charge is 2.19. The van der Waals surface area contributed by atoms with Crippen molar-refractivity contribution in [1.82, 2.24) is 4.98 Å². The first-order valence-corrected chi connectivity index (χ1v) is 5.77. The van der Waals surface area contributed by atoms with Crippen molar-refractivity contribution in [1.29, 1.82) is 0 Å². The van der Waals surface area contributed by atoms with Crippen molar-refractivity contribution in [2.24, 2.45) is 0 Å². The van der Waals surface area contributed by atoms with Gasteiger partial charge in [-0.05, 0) is 30.5 Å². The molecular weight excluding hydrogens is 198 g/mol. The molecule has 1 aromatic carbocycles. The fourth-order valence-corrected chi connectivity index (χ4v) is 2.43. The Hall–Kier alpha value is -1.41. The maximum atomic E-state index is 5.42. The highest BCUT2D eigenvalue weighted by molar-refractivity contribution is 5.79. The summed E-state index contributed by atoms with van der Waals surface area (Å²) in [7, 11) is 1.79. The topological polar surface area (TPSA) is 22.1 Å². The van der Waals surface area contributed by atoms with E-state index >= 15 is 0 Å². The lowest BCUT2D eigenvalue weighted by Gasteiger charge is -2.22. The summed E-state index contributed by atoms with van der Waals surface area (Å²) in [5.41, 5.74) is 3.71. The van der Waals surface area contributed by atoms with Crippen LogP contribution in [0.2, 0.25) is 0 Å². The Bertz CT molecular complexity index is 521. The van der Waals surface area contributed by atoms with Gasteiger partial charge in [0.15, 0.2) is 0 Å². The number of para-hydroxylation sites is 1. The summed E-state index contributed by atoms with van der Waals surface area (Å²) in [5.74, 6) is 0. The highest BCUT2D eigenvalue weighted by Crippen LogP contribution is 2.25. The van der Waals surface area contributed by atoms with E-state index in [1.165, 1.54) is 16.6 Å². The van der Waals surface area contributed by atoms with Crippen molar-refractivity contribution in [2.45, 2.75) is 25.4 Å². The average molecular weight is 213 g/mol. The van der Waals surface area contributed by atoms with Gasteiger partial charge in [0, 0.05) is 24.6 Å². The number of hydrogen-bond donors (Lipinski definition) is 0. The second-order valence-electron chi connectivity index (χ2n) is 4.39. The summed E-state index contributed by atoms with van der Waals surface area (Å²) >= 11 is 0. The summed E-state index contributed by atoms with van der Waals surface area (Å²) in [4.78, 5) is 4.73. The molecule has 1 atom stereocenters. The SMILES string of the molecule is COC1CCc2cc3ccccc3nc2C1. The molecule has 16 heavy (non-hydrogen) atoms. The molecule has 0 fully saturated rings. The van der Waals surface area contributed by atoms with Crippen molar-refractivity contribution < 1.29 is 4.74 Å². The van der Waals surface area contributed by atoms with Crippen LogP contribution in [-0.2, 0) is 17.6 Å². The molecule has 0 N–H and O–H groups in total. The van der Waals surface area contributed by atoms with Crippen LogP contribution in [0.25, 0.3) is 10.9 Å². The van der Waals surface area contributed by atoms with Crippen LogP contribution in [0.5, 0.6) is 0 Å². The standard InChI is InChI=1S/C14H15NO/c1-16-12-7-6-11-8-10-4-2-3-5-13(10)15-14(11)9-12/h2-5,8,12H,6-7,9H2,1H3. The predicted molar refractivity (Wildman–Crippen MR) is 64.6 cm³/mol. The van der Waals surface area contributed by atoms with E-state index in [2.05, 4.69) is 24.3 Å². The van der Waals surface area contributed by atoms with Crippen LogP contribution in [0.15, 0.2) is 30.3 Å². The van der Waals surface area contributed by atoms with Gasteiger partial charge in [-0.3, -0.25) is 4.98 Å². The van der Waals surface area contributed by atoms with Gasteiger partial charge >= 0.3 is 0 Å². The van der Waals surface area contributed by atoms with E-state index in [-0.39, 0.29) is 0 Å². The van der Waals surface area contributed by atoms with Gasteiger partial charge in [0.05, 0.1) is 11.6 Å². The first kappa shape index (κ1) is 9.79. The highest BCUT2D eigenvalue weighted by atomic mass is 16.5. The summed E-state index contributed by atoms with van der Waals surface area (Å²) in [5, 5.41) is 1.25. The Morgan fingerprint density at radius 1 is 1.31 bits per heavy atom. The van der Waals surface area contributed by atoms with E-state index in [0.717, 1.165) is 24.8 Å². The Balaban J connectivity index is 2.10. The second kappa shape index (κ2) is 3.87. The fraction of sp³-hybridized carbons (Fsp3) is 0.357. The van der Waals surface area contributed by atoms with Crippen molar-refractivity contribution in [3.05, 3.63) is 41.6 Å². The minimum absolute atomic E-state index is 0.348. The number of ether oxygens (including phenoxy) is 1. The van der Waals surface area contributed by atoms with Gasteiger partial charge in [-0.1, -0.05) is 18.2 Å². The lowest BCUT2D eigenvalue weighted by molar-refractivity contribution is 0.0901. The number of pyridine rings is 1. The van der Waals surface area contributed by atoms with Crippen molar-refractivity contribution in [3.63, 3.8) is 0 Å². The summed E-state index contributed by atoms with van der Waals surface area (Å²) in [6.07, 6.45) is 3.51. The first-order valence-electron chi connectivity index (χ1n) is 5.77. The number of benzene rings is 1. The Labute approximate surface area is 95.3 Å². The third-order valence-corrected chi connectivity index (χ3v) is 3.38. The van der Waals surface area contributed by atoms with Crippen LogP contribution in [0, 0.1) is 0 Å². The Morgan fingerprint density at radius 2 is 2.19 bits per heavy atom. The van der Waals surface area contributed by atoms with Gasteiger partial charge in [-0.15, -0.1) is 0 Å².